The zero-order valence-electron chi connectivity index (χ0n) is 12.5. The maximum absolute atomic E-state index is 12.7. The van der Waals surface area contributed by atoms with Gasteiger partial charge in [0.05, 0.1) is 12.8 Å². The number of unbranched alkanes of at least 4 members (excludes halogenated alkanes) is 2. The average molecular weight is 319 g/mol. The maximum Gasteiger partial charge on any atom is 0.379 e. The molecule has 0 amide bonds. The van der Waals surface area contributed by atoms with Crippen molar-refractivity contribution in [3.63, 3.8) is 0 Å². The largest absolute Gasteiger partial charge is 0.424 e. The van der Waals surface area contributed by atoms with Crippen molar-refractivity contribution in [1.82, 2.24) is 0 Å². The molecule has 1 aromatic rings. The molecule has 20 heavy (non-hydrogen) atoms. The Kier molecular flexibility index (Phi) is 7.65. The third-order valence-electron chi connectivity index (χ3n) is 2.95. The third kappa shape index (κ3) is 5.87. The molecule has 0 heterocycles. The van der Waals surface area contributed by atoms with E-state index in [0.717, 1.165) is 31.2 Å². The molecule has 0 aliphatic rings. The fourth-order valence-corrected chi connectivity index (χ4v) is 3.61. The Hall–Kier alpha value is -0.500. The average Bonchev–Trinajstić information content (AvgIpc) is 2.41. The molecule has 0 spiro atoms. The van der Waals surface area contributed by atoms with Crippen LogP contribution >= 0.6 is 19.2 Å². The molecule has 0 bridgehead atoms. The monoisotopic (exact) mass is 318 g/mol. The van der Waals surface area contributed by atoms with Gasteiger partial charge in [0.25, 0.3) is 0 Å². The number of halogens is 1. The Morgan fingerprint density at radius 3 is 2.50 bits per heavy atom. The topological polar surface area (TPSA) is 35.5 Å². The highest BCUT2D eigenvalue weighted by atomic mass is 35.5. The molecule has 0 N–H and O–H groups in total. The van der Waals surface area contributed by atoms with E-state index in [1.807, 2.05) is 6.92 Å². The summed E-state index contributed by atoms with van der Waals surface area (Å²) in [5, 5.41) is 0.674. The Morgan fingerprint density at radius 1 is 1.20 bits per heavy atom. The minimum absolute atomic E-state index is 0.453. The van der Waals surface area contributed by atoms with Crippen LogP contribution in [-0.4, -0.2) is 12.8 Å². The Morgan fingerprint density at radius 2 is 1.90 bits per heavy atom. The van der Waals surface area contributed by atoms with Crippen LogP contribution in [-0.2, 0) is 9.09 Å². The van der Waals surface area contributed by atoms with Gasteiger partial charge < -0.3 is 4.52 Å². The fourth-order valence-electron chi connectivity index (χ4n) is 1.67. The molecule has 0 aliphatic heterocycles. The lowest BCUT2D eigenvalue weighted by Gasteiger charge is -2.19. The van der Waals surface area contributed by atoms with Crippen molar-refractivity contribution in [3.05, 3.63) is 28.8 Å². The molecule has 0 aromatic heterocycles. The first-order chi connectivity index (χ1) is 9.50. The molecule has 1 unspecified atom stereocenters. The third-order valence-corrected chi connectivity index (χ3v) is 5.30. The number of rotatable bonds is 9. The number of hydrogen-bond acceptors (Lipinski definition) is 3. The second-order valence-electron chi connectivity index (χ2n) is 4.88. The lowest BCUT2D eigenvalue weighted by atomic mass is 10.2. The maximum atomic E-state index is 12.7. The Bertz CT molecular complexity index is 462. The molecule has 3 nitrogen and oxygen atoms in total. The van der Waals surface area contributed by atoms with Gasteiger partial charge in [0.15, 0.2) is 0 Å². The molecular weight excluding hydrogens is 295 g/mol. The van der Waals surface area contributed by atoms with Gasteiger partial charge in [0.2, 0.25) is 0 Å². The lowest BCUT2D eigenvalue weighted by Crippen LogP contribution is -2.04. The second kappa shape index (κ2) is 8.71. The summed E-state index contributed by atoms with van der Waals surface area (Å²) in [7, 11) is -3.07. The molecule has 0 saturated heterocycles. The van der Waals surface area contributed by atoms with Crippen molar-refractivity contribution in [2.75, 3.05) is 12.8 Å². The summed E-state index contributed by atoms with van der Waals surface area (Å²) in [6, 6.07) is 5.28. The van der Waals surface area contributed by atoms with Crippen LogP contribution in [0.2, 0.25) is 5.02 Å². The smallest absolute Gasteiger partial charge is 0.379 e. The molecule has 1 atom stereocenters. The van der Waals surface area contributed by atoms with Crippen LogP contribution in [0, 0.1) is 6.92 Å². The Balaban J connectivity index is 2.76. The SMILES string of the molecule is CCCCOP(=O)(CCCC)Oc1ccc(Cl)c(C)c1. The van der Waals surface area contributed by atoms with E-state index in [9.17, 15) is 4.57 Å². The summed E-state index contributed by atoms with van der Waals surface area (Å²) in [5.41, 5.74) is 0.903. The fraction of sp³-hybridized carbons (Fsp3) is 0.600. The first kappa shape index (κ1) is 17.6. The van der Waals surface area contributed by atoms with Gasteiger partial charge in [0, 0.05) is 5.02 Å². The predicted octanol–water partition coefficient (Wildman–Crippen LogP) is 5.84. The number of aryl methyl sites for hydroxylation is 1. The zero-order chi connectivity index (χ0) is 15.0. The minimum atomic E-state index is -3.07. The molecule has 5 heteroatoms. The summed E-state index contributed by atoms with van der Waals surface area (Å²) < 4.78 is 23.9. The van der Waals surface area contributed by atoms with Gasteiger partial charge in [0.1, 0.15) is 5.75 Å². The Labute approximate surface area is 127 Å². The quantitative estimate of drug-likeness (QED) is 0.424. The predicted molar refractivity (Wildman–Crippen MR) is 85.1 cm³/mol. The van der Waals surface area contributed by atoms with E-state index in [1.165, 1.54) is 0 Å². The summed E-state index contributed by atoms with van der Waals surface area (Å²) in [5.74, 6) is 0.558. The van der Waals surface area contributed by atoms with Crippen LogP contribution in [0.5, 0.6) is 5.75 Å². The molecule has 0 radical (unpaired) electrons. The molecule has 0 aliphatic carbocycles. The van der Waals surface area contributed by atoms with E-state index >= 15 is 0 Å². The van der Waals surface area contributed by atoms with Gasteiger partial charge in [-0.05, 0) is 43.5 Å². The molecule has 0 fully saturated rings. The van der Waals surface area contributed by atoms with Crippen molar-refractivity contribution in [1.29, 1.82) is 0 Å². The van der Waals surface area contributed by atoms with E-state index in [2.05, 4.69) is 13.8 Å². The lowest BCUT2D eigenvalue weighted by molar-refractivity contribution is 0.259. The van der Waals surface area contributed by atoms with Crippen LogP contribution < -0.4 is 4.52 Å². The van der Waals surface area contributed by atoms with Gasteiger partial charge in [-0.2, -0.15) is 0 Å². The summed E-state index contributed by atoms with van der Waals surface area (Å²) in [6.07, 6.45) is 4.14. The summed E-state index contributed by atoms with van der Waals surface area (Å²) in [4.78, 5) is 0. The van der Waals surface area contributed by atoms with Crippen LogP contribution in [0.3, 0.4) is 0 Å². The van der Waals surface area contributed by atoms with Crippen LogP contribution in [0.25, 0.3) is 0 Å². The minimum Gasteiger partial charge on any atom is -0.424 e. The molecule has 0 saturated carbocycles. The van der Waals surface area contributed by atoms with E-state index in [1.54, 1.807) is 18.2 Å². The summed E-state index contributed by atoms with van der Waals surface area (Å²) >= 11 is 5.98. The van der Waals surface area contributed by atoms with Gasteiger partial charge in [-0.3, -0.25) is 4.52 Å². The van der Waals surface area contributed by atoms with E-state index < -0.39 is 7.60 Å². The van der Waals surface area contributed by atoms with Crippen LogP contribution in [0.4, 0.5) is 0 Å². The van der Waals surface area contributed by atoms with Gasteiger partial charge in [-0.15, -0.1) is 0 Å². The van der Waals surface area contributed by atoms with Crippen molar-refractivity contribution >= 4 is 19.2 Å². The van der Waals surface area contributed by atoms with Gasteiger partial charge in [-0.25, -0.2) is 4.57 Å². The van der Waals surface area contributed by atoms with Crippen molar-refractivity contribution in [2.45, 2.75) is 46.5 Å². The van der Waals surface area contributed by atoms with Gasteiger partial charge >= 0.3 is 7.60 Å². The molecule has 114 valence electrons. The van der Waals surface area contributed by atoms with E-state index in [-0.39, 0.29) is 0 Å². The van der Waals surface area contributed by atoms with Crippen molar-refractivity contribution in [3.8, 4) is 5.75 Å². The number of benzene rings is 1. The first-order valence-electron chi connectivity index (χ1n) is 7.20. The van der Waals surface area contributed by atoms with E-state index in [0.29, 0.717) is 23.5 Å². The highest BCUT2D eigenvalue weighted by molar-refractivity contribution is 7.54. The molecular formula is C15H24ClO3P. The highest BCUT2D eigenvalue weighted by Crippen LogP contribution is 2.49. The number of hydrogen-bond donors (Lipinski definition) is 0. The molecule has 1 aromatic carbocycles. The van der Waals surface area contributed by atoms with E-state index in [4.69, 9.17) is 20.6 Å². The highest BCUT2D eigenvalue weighted by Gasteiger charge is 2.25. The van der Waals surface area contributed by atoms with Crippen LogP contribution in [0.15, 0.2) is 18.2 Å². The first-order valence-corrected chi connectivity index (χ1v) is 9.30. The van der Waals surface area contributed by atoms with Crippen molar-refractivity contribution < 1.29 is 13.6 Å². The summed E-state index contributed by atoms with van der Waals surface area (Å²) in [6.45, 7) is 6.50. The standard InChI is InChI=1S/C15H24ClO3P/c1-4-6-10-18-20(17,11-7-5-2)19-14-8-9-15(16)13(3)12-14/h8-9,12H,4-7,10-11H2,1-3H3. The molecule has 1 rings (SSSR count). The van der Waals surface area contributed by atoms with Gasteiger partial charge in [-0.1, -0.05) is 38.3 Å². The van der Waals surface area contributed by atoms with Crippen LogP contribution in [0.1, 0.15) is 45.1 Å². The zero-order valence-corrected chi connectivity index (χ0v) is 14.2. The van der Waals surface area contributed by atoms with Crippen molar-refractivity contribution in [2.24, 2.45) is 0 Å². The second-order valence-corrected chi connectivity index (χ2v) is 7.39. The normalized spacial score (nSPS) is 14.0.